The van der Waals surface area contributed by atoms with Crippen LogP contribution in [0.3, 0.4) is 0 Å². The van der Waals surface area contributed by atoms with E-state index in [4.69, 9.17) is 0 Å². The van der Waals surface area contributed by atoms with Crippen molar-refractivity contribution in [3.63, 3.8) is 0 Å². The predicted octanol–water partition coefficient (Wildman–Crippen LogP) is 2.82. The zero-order chi connectivity index (χ0) is 13.7. The molecule has 0 radical (unpaired) electrons. The average molecular weight is 271 g/mol. The van der Waals surface area contributed by atoms with Gasteiger partial charge in [-0.3, -0.25) is 9.89 Å². The van der Waals surface area contributed by atoms with Crippen molar-refractivity contribution in [1.29, 1.82) is 0 Å². The molecule has 1 heterocycles. The van der Waals surface area contributed by atoms with Crippen molar-refractivity contribution in [2.45, 2.75) is 59.7 Å². The van der Waals surface area contributed by atoms with Crippen molar-refractivity contribution in [2.75, 3.05) is 18.8 Å². The van der Waals surface area contributed by atoms with Crippen LogP contribution in [0, 0.1) is 5.92 Å². The van der Waals surface area contributed by atoms with E-state index in [-0.39, 0.29) is 0 Å². The fourth-order valence-electron chi connectivity index (χ4n) is 2.24. The number of aliphatic imine (C=N–C) groups is 1. The largest absolute Gasteiger partial charge is 0.361 e. The third-order valence-electron chi connectivity index (χ3n) is 3.45. The molecule has 1 rings (SSSR count). The van der Waals surface area contributed by atoms with Crippen LogP contribution >= 0.6 is 11.8 Å². The van der Waals surface area contributed by atoms with Crippen molar-refractivity contribution >= 4 is 16.9 Å². The minimum absolute atomic E-state index is 0.595. The molecule has 106 valence electrons. The lowest BCUT2D eigenvalue weighted by molar-refractivity contribution is 0.181. The van der Waals surface area contributed by atoms with E-state index in [0.717, 1.165) is 24.0 Å². The highest BCUT2D eigenvalue weighted by Gasteiger charge is 2.22. The number of thioether (sulfide) groups is 1. The molecule has 0 saturated carbocycles. The maximum atomic E-state index is 4.69. The first-order chi connectivity index (χ1) is 8.41. The Morgan fingerprint density at radius 1 is 1.22 bits per heavy atom. The van der Waals surface area contributed by atoms with Gasteiger partial charge < -0.3 is 5.32 Å². The fraction of sp³-hybridized carbons (Fsp3) is 0.929. The molecule has 3 nitrogen and oxygen atoms in total. The van der Waals surface area contributed by atoms with Gasteiger partial charge in [-0.2, -0.15) is 0 Å². The molecule has 4 heteroatoms. The quantitative estimate of drug-likeness (QED) is 0.805. The number of rotatable bonds is 6. The Balaban J connectivity index is 2.37. The predicted molar refractivity (Wildman–Crippen MR) is 83.5 cm³/mol. The zero-order valence-electron chi connectivity index (χ0n) is 12.7. The Bertz CT molecular complexity index is 266. The van der Waals surface area contributed by atoms with E-state index in [2.05, 4.69) is 56.8 Å². The van der Waals surface area contributed by atoms with E-state index in [1.165, 1.54) is 0 Å². The third kappa shape index (κ3) is 4.81. The molecule has 1 fully saturated rings. The van der Waals surface area contributed by atoms with Gasteiger partial charge in [0.15, 0.2) is 5.17 Å². The lowest BCUT2D eigenvalue weighted by Gasteiger charge is -2.29. The summed E-state index contributed by atoms with van der Waals surface area (Å²) in [7, 11) is 0. The lowest BCUT2D eigenvalue weighted by Crippen LogP contribution is -2.39. The molecule has 0 amide bonds. The molecule has 0 spiro atoms. The topological polar surface area (TPSA) is 27.6 Å². The summed E-state index contributed by atoms with van der Waals surface area (Å²) in [6.45, 7) is 15.5. The number of nitrogens with zero attached hydrogens (tertiary/aromatic N) is 2. The van der Waals surface area contributed by atoms with Crippen LogP contribution in [0.25, 0.3) is 0 Å². The lowest BCUT2D eigenvalue weighted by atomic mass is 10.1. The number of nitrogens with one attached hydrogen (secondary N) is 1. The van der Waals surface area contributed by atoms with Crippen molar-refractivity contribution in [3.05, 3.63) is 0 Å². The molecular formula is C14H29N3S. The summed E-state index contributed by atoms with van der Waals surface area (Å²) in [5.41, 5.74) is 0. The second kappa shape index (κ2) is 7.39. The van der Waals surface area contributed by atoms with Crippen LogP contribution in [-0.2, 0) is 0 Å². The minimum atomic E-state index is 0.595. The molecule has 1 aliphatic heterocycles. The fourth-order valence-corrected chi connectivity index (χ4v) is 3.46. The van der Waals surface area contributed by atoms with E-state index in [0.29, 0.717) is 24.0 Å². The summed E-state index contributed by atoms with van der Waals surface area (Å²) < 4.78 is 0. The first-order valence-corrected chi connectivity index (χ1v) is 8.10. The van der Waals surface area contributed by atoms with Crippen LogP contribution in [0.2, 0.25) is 0 Å². The second-order valence-electron chi connectivity index (χ2n) is 5.92. The van der Waals surface area contributed by atoms with Crippen LogP contribution in [0.1, 0.15) is 41.5 Å². The van der Waals surface area contributed by atoms with Crippen molar-refractivity contribution in [1.82, 2.24) is 10.2 Å². The highest BCUT2D eigenvalue weighted by atomic mass is 32.2. The van der Waals surface area contributed by atoms with Gasteiger partial charge >= 0.3 is 0 Å². The summed E-state index contributed by atoms with van der Waals surface area (Å²) >= 11 is 1.87. The zero-order valence-corrected chi connectivity index (χ0v) is 13.5. The molecule has 1 N–H and O–H groups in total. The first-order valence-electron chi connectivity index (χ1n) is 7.11. The standard InChI is InChI=1S/C14H29N3S/c1-10(2)13-9-18-14(16-13)15-7-8-17(11(3)4)12(5)6/h10-13H,7-9H2,1-6H3,(H,15,16). The number of hydrogen-bond acceptors (Lipinski definition) is 3. The van der Waals surface area contributed by atoms with E-state index in [1.807, 2.05) is 11.8 Å². The van der Waals surface area contributed by atoms with E-state index in [1.54, 1.807) is 0 Å². The van der Waals surface area contributed by atoms with E-state index < -0.39 is 0 Å². The molecule has 18 heavy (non-hydrogen) atoms. The molecule has 0 bridgehead atoms. The molecule has 1 aliphatic rings. The van der Waals surface area contributed by atoms with Gasteiger partial charge in [-0.15, -0.1) is 0 Å². The summed E-state index contributed by atoms with van der Waals surface area (Å²) in [6, 6.07) is 1.79. The van der Waals surface area contributed by atoms with E-state index >= 15 is 0 Å². The molecule has 0 aromatic carbocycles. The van der Waals surface area contributed by atoms with Crippen LogP contribution in [0.5, 0.6) is 0 Å². The Morgan fingerprint density at radius 3 is 2.28 bits per heavy atom. The number of hydrogen-bond donors (Lipinski definition) is 1. The van der Waals surface area contributed by atoms with Crippen molar-refractivity contribution < 1.29 is 0 Å². The third-order valence-corrected chi connectivity index (χ3v) is 4.50. The summed E-state index contributed by atoms with van der Waals surface area (Å²) in [5.74, 6) is 1.85. The second-order valence-corrected chi connectivity index (χ2v) is 6.93. The van der Waals surface area contributed by atoms with Gasteiger partial charge in [-0.05, 0) is 33.6 Å². The Morgan fingerprint density at radius 2 is 1.83 bits per heavy atom. The van der Waals surface area contributed by atoms with Crippen LogP contribution in [0.4, 0.5) is 0 Å². The summed E-state index contributed by atoms with van der Waals surface area (Å²) in [4.78, 5) is 7.18. The van der Waals surface area contributed by atoms with Crippen LogP contribution < -0.4 is 5.32 Å². The molecule has 1 atom stereocenters. The van der Waals surface area contributed by atoms with Gasteiger partial charge in [-0.25, -0.2) is 0 Å². The van der Waals surface area contributed by atoms with Crippen LogP contribution in [0.15, 0.2) is 4.99 Å². The maximum Gasteiger partial charge on any atom is 0.156 e. The minimum Gasteiger partial charge on any atom is -0.361 e. The van der Waals surface area contributed by atoms with Gasteiger partial charge in [0, 0.05) is 30.4 Å². The summed E-state index contributed by atoms with van der Waals surface area (Å²) in [5, 5.41) is 4.66. The first kappa shape index (κ1) is 15.8. The monoisotopic (exact) mass is 271 g/mol. The Hall–Kier alpha value is -0.220. The molecule has 1 saturated heterocycles. The molecule has 0 aromatic rings. The van der Waals surface area contributed by atoms with Gasteiger partial charge in [0.25, 0.3) is 0 Å². The van der Waals surface area contributed by atoms with Gasteiger partial charge in [0.2, 0.25) is 0 Å². The average Bonchev–Trinajstić information content (AvgIpc) is 2.71. The highest BCUT2D eigenvalue weighted by Crippen LogP contribution is 2.18. The maximum absolute atomic E-state index is 4.69. The Labute approximate surface area is 117 Å². The SMILES string of the molecule is CC(C)C1CSC(=NCCN(C(C)C)C(C)C)N1. The van der Waals surface area contributed by atoms with Gasteiger partial charge in [0.1, 0.15) is 0 Å². The molecular weight excluding hydrogens is 242 g/mol. The Kier molecular flexibility index (Phi) is 6.50. The van der Waals surface area contributed by atoms with Crippen molar-refractivity contribution in [2.24, 2.45) is 10.9 Å². The normalized spacial score (nSPS) is 22.8. The van der Waals surface area contributed by atoms with Gasteiger partial charge in [-0.1, -0.05) is 25.6 Å². The smallest absolute Gasteiger partial charge is 0.156 e. The molecule has 1 unspecified atom stereocenters. The summed E-state index contributed by atoms with van der Waals surface area (Å²) in [6.07, 6.45) is 0. The number of amidine groups is 1. The molecule has 0 aromatic heterocycles. The van der Waals surface area contributed by atoms with Crippen molar-refractivity contribution in [3.8, 4) is 0 Å². The highest BCUT2D eigenvalue weighted by molar-refractivity contribution is 8.14. The molecule has 0 aliphatic carbocycles. The van der Waals surface area contributed by atoms with Crippen LogP contribution in [-0.4, -0.2) is 47.0 Å². The van der Waals surface area contributed by atoms with Gasteiger partial charge in [0.05, 0.1) is 6.54 Å². The van der Waals surface area contributed by atoms with E-state index in [9.17, 15) is 0 Å².